The summed E-state index contributed by atoms with van der Waals surface area (Å²) in [6.07, 6.45) is 4.45. The van der Waals surface area contributed by atoms with Crippen LogP contribution >= 0.6 is 11.6 Å². The highest BCUT2D eigenvalue weighted by Gasteiger charge is 2.22. The van der Waals surface area contributed by atoms with E-state index in [-0.39, 0.29) is 6.04 Å². The zero-order valence-electron chi connectivity index (χ0n) is 11.2. The van der Waals surface area contributed by atoms with E-state index >= 15 is 0 Å². The molecule has 0 amide bonds. The minimum atomic E-state index is 0.206. The number of hydrogen-bond acceptors (Lipinski definition) is 2. The van der Waals surface area contributed by atoms with Gasteiger partial charge < -0.3 is 10.5 Å². The Morgan fingerprint density at radius 3 is 2.78 bits per heavy atom. The maximum absolute atomic E-state index is 6.27. The van der Waals surface area contributed by atoms with Crippen LogP contribution in [0.15, 0.2) is 12.1 Å². The van der Waals surface area contributed by atoms with Crippen molar-refractivity contribution in [2.45, 2.75) is 45.6 Å². The van der Waals surface area contributed by atoms with Gasteiger partial charge in [-0.2, -0.15) is 0 Å². The fourth-order valence-electron chi connectivity index (χ4n) is 1.95. The molecule has 18 heavy (non-hydrogen) atoms. The molecule has 0 aliphatic heterocycles. The van der Waals surface area contributed by atoms with E-state index in [4.69, 9.17) is 22.1 Å². The largest absolute Gasteiger partial charge is 0.492 e. The Morgan fingerprint density at radius 1 is 1.44 bits per heavy atom. The van der Waals surface area contributed by atoms with E-state index in [0.717, 1.165) is 31.1 Å². The SMILES string of the molecule is CCC(N)Cc1cc(Cl)c(OCC2CC2)cc1C. The highest BCUT2D eigenvalue weighted by molar-refractivity contribution is 6.32. The molecule has 3 heteroatoms. The van der Waals surface area contributed by atoms with Gasteiger partial charge in [-0.05, 0) is 61.8 Å². The average molecular weight is 268 g/mol. The highest BCUT2D eigenvalue weighted by Crippen LogP contribution is 2.33. The van der Waals surface area contributed by atoms with Crippen molar-refractivity contribution in [3.63, 3.8) is 0 Å². The summed E-state index contributed by atoms with van der Waals surface area (Å²) in [5, 5.41) is 0.708. The summed E-state index contributed by atoms with van der Waals surface area (Å²) in [4.78, 5) is 0. The summed E-state index contributed by atoms with van der Waals surface area (Å²) >= 11 is 6.27. The number of benzene rings is 1. The van der Waals surface area contributed by atoms with Gasteiger partial charge in [-0.3, -0.25) is 0 Å². The van der Waals surface area contributed by atoms with Crippen molar-refractivity contribution in [3.05, 3.63) is 28.3 Å². The Hall–Kier alpha value is -0.730. The van der Waals surface area contributed by atoms with Crippen molar-refractivity contribution in [2.24, 2.45) is 11.7 Å². The molecule has 1 atom stereocenters. The van der Waals surface area contributed by atoms with Crippen molar-refractivity contribution in [3.8, 4) is 5.75 Å². The Kier molecular flexibility index (Phi) is 4.52. The van der Waals surface area contributed by atoms with Gasteiger partial charge in [0.2, 0.25) is 0 Å². The second-order valence-corrected chi connectivity index (χ2v) is 5.74. The van der Waals surface area contributed by atoms with Crippen molar-refractivity contribution in [1.82, 2.24) is 0 Å². The second kappa shape index (κ2) is 5.94. The van der Waals surface area contributed by atoms with Crippen LogP contribution in [-0.2, 0) is 6.42 Å². The topological polar surface area (TPSA) is 35.2 Å². The standard InChI is InChI=1S/C15H22ClNO/c1-3-13(17)7-12-8-14(16)15(6-10(12)2)18-9-11-4-5-11/h6,8,11,13H,3-5,7,9,17H2,1-2H3. The van der Waals surface area contributed by atoms with Crippen molar-refractivity contribution < 1.29 is 4.74 Å². The summed E-state index contributed by atoms with van der Waals surface area (Å²) in [6.45, 7) is 5.00. The third kappa shape index (κ3) is 3.63. The van der Waals surface area contributed by atoms with Crippen LogP contribution in [-0.4, -0.2) is 12.6 Å². The van der Waals surface area contributed by atoms with Gasteiger partial charge in [-0.15, -0.1) is 0 Å². The molecule has 2 N–H and O–H groups in total. The molecule has 1 aromatic carbocycles. The summed E-state index contributed by atoms with van der Waals surface area (Å²) in [5.41, 5.74) is 8.44. The second-order valence-electron chi connectivity index (χ2n) is 5.34. The van der Waals surface area contributed by atoms with Crippen LogP contribution in [0.4, 0.5) is 0 Å². The molecule has 0 aromatic heterocycles. The zero-order chi connectivity index (χ0) is 13.1. The van der Waals surface area contributed by atoms with Crippen molar-refractivity contribution >= 4 is 11.6 Å². The molecule has 1 fully saturated rings. The molecule has 0 bridgehead atoms. The molecule has 1 aromatic rings. The van der Waals surface area contributed by atoms with Crippen LogP contribution in [0.1, 0.15) is 37.3 Å². The number of hydrogen-bond donors (Lipinski definition) is 1. The van der Waals surface area contributed by atoms with Crippen LogP contribution in [0, 0.1) is 12.8 Å². The summed E-state index contributed by atoms with van der Waals surface area (Å²) in [7, 11) is 0. The smallest absolute Gasteiger partial charge is 0.138 e. The first-order valence-electron chi connectivity index (χ1n) is 6.77. The lowest BCUT2D eigenvalue weighted by atomic mass is 10.00. The quantitative estimate of drug-likeness (QED) is 0.853. The summed E-state index contributed by atoms with van der Waals surface area (Å²) < 4.78 is 5.76. The van der Waals surface area contributed by atoms with Gasteiger partial charge in [0, 0.05) is 6.04 Å². The van der Waals surface area contributed by atoms with Crippen LogP contribution in [0.3, 0.4) is 0 Å². The van der Waals surface area contributed by atoms with E-state index < -0.39 is 0 Å². The molecule has 2 rings (SSSR count). The monoisotopic (exact) mass is 267 g/mol. The molecule has 1 unspecified atom stereocenters. The fraction of sp³-hybridized carbons (Fsp3) is 0.600. The average Bonchev–Trinajstić information content (AvgIpc) is 3.15. The van der Waals surface area contributed by atoms with Crippen LogP contribution < -0.4 is 10.5 Å². The minimum Gasteiger partial charge on any atom is -0.492 e. The lowest BCUT2D eigenvalue weighted by Gasteiger charge is -2.14. The molecule has 0 spiro atoms. The highest BCUT2D eigenvalue weighted by atomic mass is 35.5. The van der Waals surface area contributed by atoms with E-state index in [1.165, 1.54) is 24.0 Å². The molecule has 0 radical (unpaired) electrons. The molecule has 1 aliphatic rings. The fourth-order valence-corrected chi connectivity index (χ4v) is 2.19. The van der Waals surface area contributed by atoms with Crippen LogP contribution in [0.2, 0.25) is 5.02 Å². The predicted molar refractivity (Wildman–Crippen MR) is 76.4 cm³/mol. The van der Waals surface area contributed by atoms with Gasteiger partial charge in [0.1, 0.15) is 5.75 Å². The van der Waals surface area contributed by atoms with Gasteiger partial charge in [0.25, 0.3) is 0 Å². The lowest BCUT2D eigenvalue weighted by molar-refractivity contribution is 0.299. The van der Waals surface area contributed by atoms with Crippen LogP contribution in [0.25, 0.3) is 0 Å². The molecule has 1 aliphatic carbocycles. The Morgan fingerprint density at radius 2 is 2.17 bits per heavy atom. The van der Waals surface area contributed by atoms with E-state index in [1.54, 1.807) is 0 Å². The first-order valence-corrected chi connectivity index (χ1v) is 7.15. The molecular formula is C15H22ClNO. The van der Waals surface area contributed by atoms with Gasteiger partial charge in [0.05, 0.1) is 11.6 Å². The van der Waals surface area contributed by atoms with Crippen molar-refractivity contribution in [1.29, 1.82) is 0 Å². The van der Waals surface area contributed by atoms with Crippen molar-refractivity contribution in [2.75, 3.05) is 6.61 Å². The maximum atomic E-state index is 6.27. The first-order chi connectivity index (χ1) is 8.60. The van der Waals surface area contributed by atoms with Gasteiger partial charge in [0.15, 0.2) is 0 Å². The van der Waals surface area contributed by atoms with E-state index in [9.17, 15) is 0 Å². The third-order valence-electron chi connectivity index (χ3n) is 3.57. The Labute approximate surface area is 114 Å². The molecule has 2 nitrogen and oxygen atoms in total. The summed E-state index contributed by atoms with van der Waals surface area (Å²) in [6, 6.07) is 4.26. The number of halogens is 1. The number of ether oxygens (including phenoxy) is 1. The maximum Gasteiger partial charge on any atom is 0.138 e. The number of nitrogens with two attached hydrogens (primary N) is 1. The normalized spacial score (nSPS) is 16.7. The van der Waals surface area contributed by atoms with Gasteiger partial charge in [-0.25, -0.2) is 0 Å². The van der Waals surface area contributed by atoms with Gasteiger partial charge >= 0.3 is 0 Å². The van der Waals surface area contributed by atoms with E-state index in [1.807, 2.05) is 12.1 Å². The minimum absolute atomic E-state index is 0.206. The Balaban J connectivity index is 2.06. The zero-order valence-corrected chi connectivity index (χ0v) is 12.0. The molecule has 100 valence electrons. The van der Waals surface area contributed by atoms with E-state index in [0.29, 0.717) is 5.02 Å². The molecule has 0 heterocycles. The summed E-state index contributed by atoms with van der Waals surface area (Å²) in [5.74, 6) is 1.56. The number of aryl methyl sites for hydroxylation is 1. The lowest BCUT2D eigenvalue weighted by Crippen LogP contribution is -2.21. The predicted octanol–water partition coefficient (Wildman–Crippen LogP) is 3.72. The Bertz CT molecular complexity index is 415. The first kappa shape index (κ1) is 13.7. The van der Waals surface area contributed by atoms with Crippen LogP contribution in [0.5, 0.6) is 5.75 Å². The number of rotatable bonds is 6. The molecule has 1 saturated carbocycles. The molecular weight excluding hydrogens is 246 g/mol. The van der Waals surface area contributed by atoms with Gasteiger partial charge in [-0.1, -0.05) is 18.5 Å². The van der Waals surface area contributed by atoms with E-state index in [2.05, 4.69) is 13.8 Å². The third-order valence-corrected chi connectivity index (χ3v) is 3.86. The molecule has 0 saturated heterocycles.